The fraction of sp³-hybridized carbons (Fsp3) is 0.643. The maximum absolute atomic E-state index is 12.3. The maximum atomic E-state index is 12.3. The Balaban J connectivity index is 1.50. The second-order valence-electron chi connectivity index (χ2n) is 6.08. The van der Waals surface area contributed by atoms with Crippen molar-refractivity contribution in [3.05, 3.63) is 17.3 Å². The van der Waals surface area contributed by atoms with Crippen LogP contribution in [-0.4, -0.2) is 55.2 Å². The van der Waals surface area contributed by atoms with E-state index in [0.717, 1.165) is 31.7 Å². The summed E-state index contributed by atoms with van der Waals surface area (Å²) in [5, 5.41) is 11.1. The Hall–Kier alpha value is -1.41. The number of rotatable bonds is 3. The van der Waals surface area contributed by atoms with E-state index >= 15 is 0 Å². The molecule has 3 heterocycles. The van der Waals surface area contributed by atoms with Crippen LogP contribution in [0.15, 0.2) is 12.1 Å². The van der Waals surface area contributed by atoms with Gasteiger partial charge in [-0.3, -0.25) is 4.79 Å². The van der Waals surface area contributed by atoms with Crippen molar-refractivity contribution in [1.29, 1.82) is 0 Å². The predicted octanol–water partition coefficient (Wildman–Crippen LogP) is 0.650. The van der Waals surface area contributed by atoms with Crippen molar-refractivity contribution in [3.8, 4) is 0 Å². The summed E-state index contributed by atoms with van der Waals surface area (Å²) >= 11 is 5.73. The first-order chi connectivity index (χ1) is 10.9. The van der Waals surface area contributed by atoms with E-state index in [4.69, 9.17) is 11.6 Å². The second-order valence-corrected chi connectivity index (χ2v) is 8.70. The molecule has 23 heavy (non-hydrogen) atoms. The lowest BCUT2D eigenvalue weighted by Crippen LogP contribution is -2.44. The summed E-state index contributed by atoms with van der Waals surface area (Å²) in [6.07, 6.45) is 1.96. The van der Waals surface area contributed by atoms with Gasteiger partial charge < -0.3 is 10.2 Å². The molecule has 2 saturated heterocycles. The number of halogens is 1. The topological polar surface area (TPSA) is 92.3 Å². The van der Waals surface area contributed by atoms with E-state index in [2.05, 4.69) is 20.4 Å². The van der Waals surface area contributed by atoms with Crippen LogP contribution in [0.25, 0.3) is 0 Å². The molecule has 1 amide bonds. The lowest BCUT2D eigenvalue weighted by molar-refractivity contribution is -0.126. The van der Waals surface area contributed by atoms with Gasteiger partial charge in [0.05, 0.1) is 11.5 Å². The van der Waals surface area contributed by atoms with Gasteiger partial charge in [0, 0.05) is 25.0 Å². The number of nitrogens with one attached hydrogen (secondary N) is 1. The van der Waals surface area contributed by atoms with Crippen molar-refractivity contribution in [3.63, 3.8) is 0 Å². The molecule has 0 radical (unpaired) electrons. The van der Waals surface area contributed by atoms with Crippen molar-refractivity contribution in [1.82, 2.24) is 15.5 Å². The Morgan fingerprint density at radius 1 is 1.22 bits per heavy atom. The fourth-order valence-corrected chi connectivity index (χ4v) is 4.85. The molecule has 0 saturated carbocycles. The van der Waals surface area contributed by atoms with Gasteiger partial charge in [-0.25, -0.2) is 8.42 Å². The van der Waals surface area contributed by atoms with E-state index in [-0.39, 0.29) is 29.4 Å². The lowest BCUT2D eigenvalue weighted by Gasteiger charge is -2.32. The van der Waals surface area contributed by atoms with Crippen LogP contribution in [0.2, 0.25) is 5.15 Å². The molecule has 1 unspecified atom stereocenters. The molecular formula is C14H19ClN4O3S. The van der Waals surface area contributed by atoms with Crippen LogP contribution < -0.4 is 10.2 Å². The first-order valence-corrected chi connectivity index (χ1v) is 9.88. The summed E-state index contributed by atoms with van der Waals surface area (Å²) in [6, 6.07) is 3.29. The third-order valence-electron chi connectivity index (χ3n) is 4.39. The standard InChI is InChI=1S/C14H19ClN4O3S/c15-12-1-2-13(18-17-12)19-6-3-10(4-7-19)14(20)16-11-5-8-23(21,22)9-11/h1-2,10-11H,3-9H2,(H,16,20). The Morgan fingerprint density at radius 3 is 2.52 bits per heavy atom. The summed E-state index contributed by atoms with van der Waals surface area (Å²) in [5.74, 6) is 0.891. The van der Waals surface area contributed by atoms with Gasteiger partial charge in [0.15, 0.2) is 20.8 Å². The monoisotopic (exact) mass is 358 g/mol. The van der Waals surface area contributed by atoms with Gasteiger partial charge in [-0.05, 0) is 31.4 Å². The highest BCUT2D eigenvalue weighted by Crippen LogP contribution is 2.23. The van der Waals surface area contributed by atoms with Crippen LogP contribution in [0, 0.1) is 5.92 Å². The summed E-state index contributed by atoms with van der Waals surface area (Å²) in [6.45, 7) is 1.44. The number of hydrogen-bond acceptors (Lipinski definition) is 6. The number of amides is 1. The Kier molecular flexibility index (Phi) is 4.72. The molecule has 0 spiro atoms. The minimum atomic E-state index is -2.97. The van der Waals surface area contributed by atoms with Gasteiger partial charge in [0.1, 0.15) is 0 Å². The normalized spacial score (nSPS) is 24.6. The quantitative estimate of drug-likeness (QED) is 0.852. The molecule has 2 fully saturated rings. The third kappa shape index (κ3) is 4.11. The number of sulfone groups is 1. The molecule has 1 N–H and O–H groups in total. The van der Waals surface area contributed by atoms with E-state index in [9.17, 15) is 13.2 Å². The molecule has 0 bridgehead atoms. The molecule has 1 aromatic heterocycles. The molecule has 126 valence electrons. The molecule has 2 aliphatic rings. The highest BCUT2D eigenvalue weighted by Gasteiger charge is 2.32. The number of nitrogens with zero attached hydrogens (tertiary/aromatic N) is 3. The number of carbonyl (C=O) groups is 1. The fourth-order valence-electron chi connectivity index (χ4n) is 3.08. The lowest BCUT2D eigenvalue weighted by atomic mass is 9.95. The Bertz CT molecular complexity index is 672. The van der Waals surface area contributed by atoms with Crippen LogP contribution >= 0.6 is 11.6 Å². The highest BCUT2D eigenvalue weighted by molar-refractivity contribution is 7.91. The number of aromatic nitrogens is 2. The molecule has 0 aliphatic carbocycles. The molecule has 0 aromatic carbocycles. The summed E-state index contributed by atoms with van der Waals surface area (Å²) in [4.78, 5) is 14.4. The zero-order valence-electron chi connectivity index (χ0n) is 12.6. The van der Waals surface area contributed by atoms with Crippen molar-refractivity contribution in [2.45, 2.75) is 25.3 Å². The predicted molar refractivity (Wildman–Crippen MR) is 87.2 cm³/mol. The van der Waals surface area contributed by atoms with E-state index in [1.165, 1.54) is 0 Å². The molecule has 1 atom stereocenters. The van der Waals surface area contributed by atoms with Crippen LogP contribution in [-0.2, 0) is 14.6 Å². The zero-order valence-corrected chi connectivity index (χ0v) is 14.2. The van der Waals surface area contributed by atoms with E-state index < -0.39 is 9.84 Å². The number of piperidine rings is 1. The number of anilines is 1. The van der Waals surface area contributed by atoms with Crippen molar-refractivity contribution in [2.75, 3.05) is 29.5 Å². The maximum Gasteiger partial charge on any atom is 0.223 e. The van der Waals surface area contributed by atoms with Gasteiger partial charge in [-0.15, -0.1) is 10.2 Å². The first kappa shape index (κ1) is 16.4. The summed E-state index contributed by atoms with van der Waals surface area (Å²) < 4.78 is 22.9. The van der Waals surface area contributed by atoms with Gasteiger partial charge in [-0.2, -0.15) is 0 Å². The average Bonchev–Trinajstić information content (AvgIpc) is 2.87. The first-order valence-electron chi connectivity index (χ1n) is 7.68. The third-order valence-corrected chi connectivity index (χ3v) is 6.36. The Labute approximate surface area is 140 Å². The van der Waals surface area contributed by atoms with E-state index in [1.54, 1.807) is 6.07 Å². The smallest absolute Gasteiger partial charge is 0.223 e. The zero-order chi connectivity index (χ0) is 16.4. The molecular weight excluding hydrogens is 340 g/mol. The average molecular weight is 359 g/mol. The molecule has 9 heteroatoms. The molecule has 1 aromatic rings. The van der Waals surface area contributed by atoms with Crippen LogP contribution in [0.3, 0.4) is 0 Å². The summed E-state index contributed by atoms with van der Waals surface area (Å²) in [5.41, 5.74) is 0. The van der Waals surface area contributed by atoms with E-state index in [0.29, 0.717) is 11.6 Å². The van der Waals surface area contributed by atoms with Gasteiger partial charge in [0.2, 0.25) is 5.91 Å². The van der Waals surface area contributed by atoms with Crippen LogP contribution in [0.4, 0.5) is 5.82 Å². The number of hydrogen-bond donors (Lipinski definition) is 1. The van der Waals surface area contributed by atoms with Gasteiger partial charge in [0.25, 0.3) is 0 Å². The highest BCUT2D eigenvalue weighted by atomic mass is 35.5. The SMILES string of the molecule is O=C(NC1CCS(=O)(=O)C1)C1CCN(c2ccc(Cl)nn2)CC1. The molecule has 3 rings (SSSR count). The second kappa shape index (κ2) is 6.60. The van der Waals surface area contributed by atoms with E-state index in [1.807, 2.05) is 6.07 Å². The minimum Gasteiger partial charge on any atom is -0.355 e. The largest absolute Gasteiger partial charge is 0.355 e. The molecule has 2 aliphatic heterocycles. The van der Waals surface area contributed by atoms with Gasteiger partial charge >= 0.3 is 0 Å². The minimum absolute atomic E-state index is 0.0334. The number of carbonyl (C=O) groups excluding carboxylic acids is 1. The van der Waals surface area contributed by atoms with Crippen molar-refractivity contribution in [2.24, 2.45) is 5.92 Å². The van der Waals surface area contributed by atoms with Crippen LogP contribution in [0.1, 0.15) is 19.3 Å². The molecule has 7 nitrogen and oxygen atoms in total. The van der Waals surface area contributed by atoms with Gasteiger partial charge in [-0.1, -0.05) is 11.6 Å². The van der Waals surface area contributed by atoms with Crippen molar-refractivity contribution >= 4 is 33.2 Å². The van der Waals surface area contributed by atoms with Crippen LogP contribution in [0.5, 0.6) is 0 Å². The summed E-state index contributed by atoms with van der Waals surface area (Å²) in [7, 11) is -2.97. The Morgan fingerprint density at radius 2 is 1.96 bits per heavy atom. The van der Waals surface area contributed by atoms with Crippen molar-refractivity contribution < 1.29 is 13.2 Å².